The second-order valence-electron chi connectivity index (χ2n) is 6.32. The number of hydrogen-bond acceptors (Lipinski definition) is 4. The van der Waals surface area contributed by atoms with E-state index >= 15 is 0 Å². The minimum absolute atomic E-state index is 0.0340. The molecule has 2 aliphatic heterocycles. The van der Waals surface area contributed by atoms with Gasteiger partial charge in [-0.05, 0) is 52.5 Å². The number of rotatable bonds is 7. The Morgan fingerprint density at radius 3 is 2.89 bits per heavy atom. The van der Waals surface area contributed by atoms with Crippen LogP contribution in [0.25, 0.3) is 0 Å². The molecule has 2 aliphatic rings. The molecule has 2 unspecified atom stereocenters. The molecule has 2 heterocycles. The standard InChI is InChI=1S/C15H29NO3/c1-15(2)11-13(6-10-19-15)16-7-4-8-17-12-14-5-3-9-18-14/h13-14,16H,3-12H2,1-2H3. The van der Waals surface area contributed by atoms with Crippen molar-refractivity contribution in [3.05, 3.63) is 0 Å². The van der Waals surface area contributed by atoms with E-state index in [-0.39, 0.29) is 5.60 Å². The number of nitrogens with one attached hydrogen (secondary N) is 1. The van der Waals surface area contributed by atoms with Gasteiger partial charge in [0.1, 0.15) is 0 Å². The highest BCUT2D eigenvalue weighted by molar-refractivity contribution is 4.82. The summed E-state index contributed by atoms with van der Waals surface area (Å²) in [5.41, 5.74) is 0.0340. The molecular formula is C15H29NO3. The van der Waals surface area contributed by atoms with Crippen LogP contribution in [0.1, 0.15) is 46.0 Å². The Balaban J connectivity index is 1.45. The first kappa shape index (κ1) is 15.2. The third kappa shape index (κ3) is 5.78. The summed E-state index contributed by atoms with van der Waals surface area (Å²) in [5, 5.41) is 3.61. The van der Waals surface area contributed by atoms with E-state index in [9.17, 15) is 0 Å². The summed E-state index contributed by atoms with van der Waals surface area (Å²) >= 11 is 0. The zero-order valence-corrected chi connectivity index (χ0v) is 12.5. The molecule has 1 N–H and O–H groups in total. The fraction of sp³-hybridized carbons (Fsp3) is 1.00. The molecule has 2 rings (SSSR count). The summed E-state index contributed by atoms with van der Waals surface area (Å²) in [6, 6.07) is 0.599. The van der Waals surface area contributed by atoms with Gasteiger partial charge in [0.25, 0.3) is 0 Å². The van der Waals surface area contributed by atoms with Crippen LogP contribution in [0.15, 0.2) is 0 Å². The van der Waals surface area contributed by atoms with E-state index in [1.807, 2.05) is 0 Å². The van der Waals surface area contributed by atoms with Crippen molar-refractivity contribution >= 4 is 0 Å². The topological polar surface area (TPSA) is 39.7 Å². The number of ether oxygens (including phenoxy) is 3. The van der Waals surface area contributed by atoms with Crippen molar-refractivity contribution < 1.29 is 14.2 Å². The van der Waals surface area contributed by atoms with Gasteiger partial charge >= 0.3 is 0 Å². The lowest BCUT2D eigenvalue weighted by molar-refractivity contribution is -0.0630. The van der Waals surface area contributed by atoms with E-state index in [4.69, 9.17) is 14.2 Å². The van der Waals surface area contributed by atoms with Gasteiger partial charge in [-0.2, -0.15) is 0 Å². The zero-order valence-electron chi connectivity index (χ0n) is 12.5. The van der Waals surface area contributed by atoms with Crippen LogP contribution in [0.3, 0.4) is 0 Å². The van der Waals surface area contributed by atoms with Gasteiger partial charge in [-0.15, -0.1) is 0 Å². The molecule has 2 fully saturated rings. The molecule has 112 valence electrons. The van der Waals surface area contributed by atoms with E-state index in [0.717, 1.165) is 58.7 Å². The molecule has 0 aromatic carbocycles. The lowest BCUT2D eigenvalue weighted by Gasteiger charge is -2.36. The van der Waals surface area contributed by atoms with Crippen molar-refractivity contribution in [2.45, 2.75) is 63.7 Å². The molecule has 0 bridgehead atoms. The summed E-state index contributed by atoms with van der Waals surface area (Å²) in [4.78, 5) is 0. The van der Waals surface area contributed by atoms with Crippen LogP contribution < -0.4 is 5.32 Å². The van der Waals surface area contributed by atoms with Crippen LogP contribution in [0.5, 0.6) is 0 Å². The highest BCUT2D eigenvalue weighted by Gasteiger charge is 2.28. The third-order valence-electron chi connectivity index (χ3n) is 3.92. The van der Waals surface area contributed by atoms with Gasteiger partial charge in [0, 0.05) is 25.9 Å². The van der Waals surface area contributed by atoms with E-state index in [1.54, 1.807) is 0 Å². The van der Waals surface area contributed by atoms with Gasteiger partial charge < -0.3 is 19.5 Å². The van der Waals surface area contributed by atoms with Gasteiger partial charge in [0.05, 0.1) is 18.3 Å². The average Bonchev–Trinajstić information content (AvgIpc) is 2.85. The quantitative estimate of drug-likeness (QED) is 0.720. The molecule has 19 heavy (non-hydrogen) atoms. The van der Waals surface area contributed by atoms with Crippen LogP contribution in [-0.4, -0.2) is 50.7 Å². The Hall–Kier alpha value is -0.160. The maximum absolute atomic E-state index is 5.72. The first-order valence-corrected chi connectivity index (χ1v) is 7.72. The minimum Gasteiger partial charge on any atom is -0.379 e. The summed E-state index contributed by atoms with van der Waals surface area (Å²) < 4.78 is 16.9. The Labute approximate surface area is 117 Å². The maximum atomic E-state index is 5.72. The van der Waals surface area contributed by atoms with Crippen molar-refractivity contribution in [3.63, 3.8) is 0 Å². The van der Waals surface area contributed by atoms with Crippen molar-refractivity contribution in [1.29, 1.82) is 0 Å². The van der Waals surface area contributed by atoms with Crippen LogP contribution in [0.2, 0.25) is 0 Å². The molecule has 2 atom stereocenters. The fourth-order valence-electron chi connectivity index (χ4n) is 2.88. The van der Waals surface area contributed by atoms with Crippen molar-refractivity contribution in [1.82, 2.24) is 5.32 Å². The Bertz CT molecular complexity index is 252. The van der Waals surface area contributed by atoms with Gasteiger partial charge in [0.15, 0.2) is 0 Å². The molecular weight excluding hydrogens is 242 g/mol. The Morgan fingerprint density at radius 1 is 1.26 bits per heavy atom. The SMILES string of the molecule is CC1(C)CC(NCCCOCC2CCCO2)CCO1. The molecule has 0 spiro atoms. The molecule has 4 heteroatoms. The zero-order chi connectivity index (χ0) is 13.6. The Kier molecular flexibility index (Phi) is 6.07. The molecule has 4 nitrogen and oxygen atoms in total. The van der Waals surface area contributed by atoms with E-state index in [1.165, 1.54) is 6.42 Å². The highest BCUT2D eigenvalue weighted by atomic mass is 16.5. The van der Waals surface area contributed by atoms with E-state index in [0.29, 0.717) is 12.1 Å². The second-order valence-corrected chi connectivity index (χ2v) is 6.32. The van der Waals surface area contributed by atoms with Crippen molar-refractivity contribution in [2.24, 2.45) is 0 Å². The van der Waals surface area contributed by atoms with E-state index < -0.39 is 0 Å². The molecule has 0 saturated carbocycles. The predicted octanol–water partition coefficient (Wildman–Crippen LogP) is 2.12. The first-order chi connectivity index (χ1) is 9.16. The fourth-order valence-corrected chi connectivity index (χ4v) is 2.88. The van der Waals surface area contributed by atoms with Crippen LogP contribution >= 0.6 is 0 Å². The van der Waals surface area contributed by atoms with Gasteiger partial charge in [-0.3, -0.25) is 0 Å². The maximum Gasteiger partial charge on any atom is 0.0809 e. The van der Waals surface area contributed by atoms with Crippen molar-refractivity contribution in [3.8, 4) is 0 Å². The second kappa shape index (κ2) is 7.58. The molecule has 0 radical (unpaired) electrons. The lowest BCUT2D eigenvalue weighted by Crippen LogP contribution is -2.44. The monoisotopic (exact) mass is 271 g/mol. The highest BCUT2D eigenvalue weighted by Crippen LogP contribution is 2.23. The molecule has 2 saturated heterocycles. The summed E-state index contributed by atoms with van der Waals surface area (Å²) in [6.07, 6.45) is 6.00. The van der Waals surface area contributed by atoms with Crippen molar-refractivity contribution in [2.75, 3.05) is 33.0 Å². The molecule has 0 aliphatic carbocycles. The van der Waals surface area contributed by atoms with Gasteiger partial charge in [0.2, 0.25) is 0 Å². The smallest absolute Gasteiger partial charge is 0.0809 e. The largest absolute Gasteiger partial charge is 0.379 e. The lowest BCUT2D eigenvalue weighted by atomic mass is 9.94. The number of hydrogen-bond donors (Lipinski definition) is 1. The molecule has 0 aromatic heterocycles. The summed E-state index contributed by atoms with van der Waals surface area (Å²) in [6.45, 7) is 8.77. The minimum atomic E-state index is 0.0340. The summed E-state index contributed by atoms with van der Waals surface area (Å²) in [7, 11) is 0. The Morgan fingerprint density at radius 2 is 2.16 bits per heavy atom. The normalized spacial score (nSPS) is 30.6. The van der Waals surface area contributed by atoms with Crippen LogP contribution in [0.4, 0.5) is 0 Å². The molecule has 0 aromatic rings. The van der Waals surface area contributed by atoms with Gasteiger partial charge in [-0.25, -0.2) is 0 Å². The molecule has 0 amide bonds. The third-order valence-corrected chi connectivity index (χ3v) is 3.92. The van der Waals surface area contributed by atoms with Crippen LogP contribution in [0, 0.1) is 0 Å². The van der Waals surface area contributed by atoms with Crippen LogP contribution in [-0.2, 0) is 14.2 Å². The summed E-state index contributed by atoms with van der Waals surface area (Å²) in [5.74, 6) is 0. The van der Waals surface area contributed by atoms with E-state index in [2.05, 4.69) is 19.2 Å². The first-order valence-electron chi connectivity index (χ1n) is 7.72. The predicted molar refractivity (Wildman–Crippen MR) is 75.5 cm³/mol. The average molecular weight is 271 g/mol. The van der Waals surface area contributed by atoms with Gasteiger partial charge in [-0.1, -0.05) is 0 Å².